The first-order valence-corrected chi connectivity index (χ1v) is 7.35. The lowest BCUT2D eigenvalue weighted by Crippen LogP contribution is -2.27. The molecule has 0 spiro atoms. The highest BCUT2D eigenvalue weighted by atomic mass is 16.2. The first-order valence-electron chi connectivity index (χ1n) is 7.35. The molecule has 1 aromatic carbocycles. The van der Waals surface area contributed by atoms with Crippen molar-refractivity contribution in [2.45, 2.75) is 20.4 Å². The van der Waals surface area contributed by atoms with Gasteiger partial charge in [-0.1, -0.05) is 0 Å². The summed E-state index contributed by atoms with van der Waals surface area (Å²) in [6, 6.07) is 9.84. The van der Waals surface area contributed by atoms with Crippen LogP contribution in [0.1, 0.15) is 22.8 Å². The maximum absolute atomic E-state index is 12.0. The molecule has 1 heterocycles. The Balaban J connectivity index is 2.00. The molecule has 0 bridgehead atoms. The summed E-state index contributed by atoms with van der Waals surface area (Å²) in [7, 11) is 0. The highest BCUT2D eigenvalue weighted by molar-refractivity contribution is 5.95. The number of carbonyl (C=O) groups excluding carboxylic acids is 2. The molecule has 2 aromatic rings. The normalized spacial score (nSPS) is 10.2. The summed E-state index contributed by atoms with van der Waals surface area (Å²) in [6.45, 7) is 4.17. The highest BCUT2D eigenvalue weighted by Crippen LogP contribution is 2.09. The van der Waals surface area contributed by atoms with Crippen molar-refractivity contribution in [2.75, 3.05) is 11.9 Å². The van der Waals surface area contributed by atoms with Crippen LogP contribution in [0.5, 0.6) is 0 Å². The van der Waals surface area contributed by atoms with Gasteiger partial charge in [0.2, 0.25) is 5.91 Å². The van der Waals surface area contributed by atoms with Gasteiger partial charge in [-0.3, -0.25) is 14.4 Å². The van der Waals surface area contributed by atoms with E-state index < -0.39 is 0 Å². The van der Waals surface area contributed by atoms with E-state index in [4.69, 9.17) is 0 Å². The highest BCUT2D eigenvalue weighted by Gasteiger charge is 2.07. The fraction of sp³-hybridized carbons (Fsp3) is 0.235. The predicted octanol–water partition coefficient (Wildman–Crippen LogP) is 1.55. The van der Waals surface area contributed by atoms with Gasteiger partial charge in [-0.25, -0.2) is 0 Å². The van der Waals surface area contributed by atoms with E-state index in [0.29, 0.717) is 17.8 Å². The first-order chi connectivity index (χ1) is 11.0. The number of hydrogen-bond acceptors (Lipinski definition) is 3. The van der Waals surface area contributed by atoms with Crippen molar-refractivity contribution in [3.63, 3.8) is 0 Å². The zero-order valence-corrected chi connectivity index (χ0v) is 13.1. The summed E-state index contributed by atoms with van der Waals surface area (Å²) >= 11 is 0. The molecule has 0 fully saturated rings. The molecule has 2 amide bonds. The van der Waals surface area contributed by atoms with Crippen molar-refractivity contribution >= 4 is 17.5 Å². The van der Waals surface area contributed by atoms with Crippen LogP contribution in [-0.2, 0) is 11.3 Å². The lowest BCUT2D eigenvalue weighted by atomic mass is 10.2. The van der Waals surface area contributed by atoms with Crippen molar-refractivity contribution < 1.29 is 9.59 Å². The number of carbonyl (C=O) groups is 2. The average Bonchev–Trinajstić information content (AvgIpc) is 2.51. The molecule has 2 rings (SSSR count). The SMILES string of the molecule is CCNC(=O)c1ccc(NC(=O)Cn2ccc(C)cc2=O)cc1. The van der Waals surface area contributed by atoms with Crippen LogP contribution in [0.15, 0.2) is 47.4 Å². The number of benzene rings is 1. The maximum atomic E-state index is 12.0. The second-order valence-electron chi connectivity index (χ2n) is 5.16. The zero-order valence-electron chi connectivity index (χ0n) is 13.1. The number of amides is 2. The first kappa shape index (κ1) is 16.5. The average molecular weight is 313 g/mol. The Hall–Kier alpha value is -2.89. The van der Waals surface area contributed by atoms with E-state index in [1.165, 1.54) is 10.6 Å². The van der Waals surface area contributed by atoms with Crippen LogP contribution in [0.4, 0.5) is 5.69 Å². The summed E-state index contributed by atoms with van der Waals surface area (Å²) in [5, 5.41) is 5.40. The second kappa shape index (κ2) is 7.40. The van der Waals surface area contributed by atoms with E-state index in [-0.39, 0.29) is 23.9 Å². The molecule has 0 aliphatic rings. The zero-order chi connectivity index (χ0) is 16.8. The number of rotatable bonds is 5. The molecule has 0 saturated heterocycles. The Labute approximate surface area is 134 Å². The molecule has 0 unspecified atom stereocenters. The summed E-state index contributed by atoms with van der Waals surface area (Å²) < 4.78 is 1.34. The molecule has 0 radical (unpaired) electrons. The predicted molar refractivity (Wildman–Crippen MR) is 88.5 cm³/mol. The monoisotopic (exact) mass is 313 g/mol. The standard InChI is InChI=1S/C17H19N3O3/c1-3-18-17(23)13-4-6-14(7-5-13)19-15(21)11-20-9-8-12(2)10-16(20)22/h4-10H,3,11H2,1-2H3,(H,18,23)(H,19,21). The topological polar surface area (TPSA) is 80.2 Å². The van der Waals surface area contributed by atoms with E-state index in [2.05, 4.69) is 10.6 Å². The molecular formula is C17H19N3O3. The molecule has 0 saturated carbocycles. The fourth-order valence-electron chi connectivity index (χ4n) is 2.06. The van der Waals surface area contributed by atoms with Gasteiger partial charge in [0.05, 0.1) is 0 Å². The van der Waals surface area contributed by atoms with Crippen LogP contribution in [-0.4, -0.2) is 22.9 Å². The summed E-state index contributed by atoms with van der Waals surface area (Å²) in [6.07, 6.45) is 1.59. The number of nitrogens with zero attached hydrogens (tertiary/aromatic N) is 1. The molecule has 6 nitrogen and oxygen atoms in total. The Morgan fingerprint density at radius 3 is 2.43 bits per heavy atom. The third kappa shape index (κ3) is 4.54. The van der Waals surface area contributed by atoms with E-state index in [1.54, 1.807) is 36.5 Å². The summed E-state index contributed by atoms with van der Waals surface area (Å²) in [5.74, 6) is -0.460. The lowest BCUT2D eigenvalue weighted by molar-refractivity contribution is -0.116. The van der Waals surface area contributed by atoms with Crippen molar-refractivity contribution in [1.29, 1.82) is 0 Å². The molecule has 120 valence electrons. The van der Waals surface area contributed by atoms with Gasteiger partial charge in [-0.2, -0.15) is 0 Å². The van der Waals surface area contributed by atoms with Crippen molar-refractivity contribution in [2.24, 2.45) is 0 Å². The largest absolute Gasteiger partial charge is 0.352 e. The van der Waals surface area contributed by atoms with E-state index in [0.717, 1.165) is 5.56 Å². The van der Waals surface area contributed by atoms with Gasteiger partial charge in [-0.15, -0.1) is 0 Å². The summed E-state index contributed by atoms with van der Waals surface area (Å²) in [4.78, 5) is 35.4. The Kier molecular flexibility index (Phi) is 5.30. The van der Waals surface area contributed by atoms with Gasteiger partial charge < -0.3 is 15.2 Å². The minimum absolute atomic E-state index is 0.0583. The molecule has 6 heteroatoms. The molecular weight excluding hydrogens is 294 g/mol. The number of nitrogens with one attached hydrogen (secondary N) is 2. The van der Waals surface area contributed by atoms with Crippen LogP contribution >= 0.6 is 0 Å². The molecule has 1 aromatic heterocycles. The Bertz CT molecular complexity index is 763. The van der Waals surface area contributed by atoms with Gasteiger partial charge in [0.25, 0.3) is 11.5 Å². The number of pyridine rings is 1. The third-order valence-corrected chi connectivity index (χ3v) is 3.23. The molecule has 23 heavy (non-hydrogen) atoms. The minimum Gasteiger partial charge on any atom is -0.352 e. The summed E-state index contributed by atoms with van der Waals surface area (Å²) in [5.41, 5.74) is 1.74. The molecule has 0 aliphatic carbocycles. The maximum Gasteiger partial charge on any atom is 0.251 e. The quantitative estimate of drug-likeness (QED) is 0.879. The minimum atomic E-state index is -0.304. The number of aromatic nitrogens is 1. The smallest absolute Gasteiger partial charge is 0.251 e. The van der Waals surface area contributed by atoms with E-state index in [1.807, 2.05) is 13.8 Å². The van der Waals surface area contributed by atoms with Gasteiger partial charge in [0, 0.05) is 30.1 Å². The number of anilines is 1. The number of hydrogen-bond donors (Lipinski definition) is 2. The molecule has 0 atom stereocenters. The van der Waals surface area contributed by atoms with Gasteiger partial charge in [0.1, 0.15) is 6.54 Å². The third-order valence-electron chi connectivity index (χ3n) is 3.23. The van der Waals surface area contributed by atoms with E-state index >= 15 is 0 Å². The van der Waals surface area contributed by atoms with E-state index in [9.17, 15) is 14.4 Å². The van der Waals surface area contributed by atoms with Crippen molar-refractivity contribution in [3.8, 4) is 0 Å². The number of aryl methyl sites for hydroxylation is 1. The molecule has 2 N–H and O–H groups in total. The fourth-order valence-corrected chi connectivity index (χ4v) is 2.06. The van der Waals surface area contributed by atoms with Crippen LogP contribution in [0.3, 0.4) is 0 Å². The van der Waals surface area contributed by atoms with Crippen molar-refractivity contribution in [3.05, 3.63) is 64.1 Å². The van der Waals surface area contributed by atoms with Crippen LogP contribution < -0.4 is 16.2 Å². The van der Waals surface area contributed by atoms with Gasteiger partial charge in [0.15, 0.2) is 0 Å². The molecule has 0 aliphatic heterocycles. The Morgan fingerprint density at radius 1 is 1.13 bits per heavy atom. The van der Waals surface area contributed by atoms with Crippen LogP contribution in [0, 0.1) is 6.92 Å². The van der Waals surface area contributed by atoms with Gasteiger partial charge in [-0.05, 0) is 49.7 Å². The Morgan fingerprint density at radius 2 is 1.83 bits per heavy atom. The lowest BCUT2D eigenvalue weighted by Gasteiger charge is -2.08. The van der Waals surface area contributed by atoms with Gasteiger partial charge >= 0.3 is 0 Å². The second-order valence-corrected chi connectivity index (χ2v) is 5.16. The van der Waals surface area contributed by atoms with Crippen LogP contribution in [0.2, 0.25) is 0 Å². The van der Waals surface area contributed by atoms with Crippen molar-refractivity contribution in [1.82, 2.24) is 9.88 Å². The van der Waals surface area contributed by atoms with Crippen LogP contribution in [0.25, 0.3) is 0 Å².